The highest BCUT2D eigenvalue weighted by molar-refractivity contribution is 8.76. The maximum atomic E-state index is 5.68. The molecule has 0 aromatic heterocycles. The zero-order chi connectivity index (χ0) is 12.8. The van der Waals surface area contributed by atoms with Gasteiger partial charge in [-0.15, -0.1) is 0 Å². The highest BCUT2D eigenvalue weighted by Gasteiger charge is 2.06. The normalized spacial score (nSPS) is 13.4. The van der Waals surface area contributed by atoms with Gasteiger partial charge in [0.15, 0.2) is 0 Å². The Bertz CT molecular complexity index is 319. The maximum Gasteiger partial charge on any atom is 0.111 e. The van der Waals surface area contributed by atoms with Crippen LogP contribution in [-0.2, 0) is 4.74 Å². The van der Waals surface area contributed by atoms with E-state index in [4.69, 9.17) is 4.74 Å². The Kier molecular flexibility index (Phi) is 6.45. The van der Waals surface area contributed by atoms with Gasteiger partial charge in [0.25, 0.3) is 0 Å². The van der Waals surface area contributed by atoms with Crippen LogP contribution in [0.3, 0.4) is 0 Å². The smallest absolute Gasteiger partial charge is 0.111 e. The van der Waals surface area contributed by atoms with Crippen molar-refractivity contribution in [3.63, 3.8) is 0 Å². The summed E-state index contributed by atoms with van der Waals surface area (Å²) in [5.74, 6) is 0.602. The van der Waals surface area contributed by atoms with Crippen LogP contribution in [0.5, 0.6) is 0 Å². The van der Waals surface area contributed by atoms with E-state index in [0.29, 0.717) is 12.0 Å². The summed E-state index contributed by atoms with van der Waals surface area (Å²) in [6, 6.07) is 8.80. The fourth-order valence-corrected chi connectivity index (χ4v) is 3.41. The summed E-state index contributed by atoms with van der Waals surface area (Å²) in [7, 11) is 3.55. The first kappa shape index (κ1) is 14.9. The standard InChI is InChI=1S/C14H22OS2/c1-10(2)13-6-8-14(9-7-13)17-16-12(5)15-11(3)4/h6-12H,1-5H3. The van der Waals surface area contributed by atoms with Crippen LogP contribution in [0.15, 0.2) is 29.2 Å². The Hall–Kier alpha value is -0.120. The molecule has 1 aromatic carbocycles. The van der Waals surface area contributed by atoms with E-state index in [1.54, 1.807) is 21.6 Å². The van der Waals surface area contributed by atoms with Crippen LogP contribution in [0.1, 0.15) is 46.1 Å². The Morgan fingerprint density at radius 3 is 2.00 bits per heavy atom. The van der Waals surface area contributed by atoms with Crippen molar-refractivity contribution in [2.75, 3.05) is 0 Å². The van der Waals surface area contributed by atoms with Crippen LogP contribution in [0, 0.1) is 0 Å². The zero-order valence-corrected chi connectivity index (χ0v) is 12.9. The molecule has 0 amide bonds. The molecule has 17 heavy (non-hydrogen) atoms. The summed E-state index contributed by atoms with van der Waals surface area (Å²) >= 11 is 0. The predicted octanol–water partition coefficient (Wildman–Crippen LogP) is 5.32. The minimum Gasteiger partial charge on any atom is -0.364 e. The molecule has 0 aliphatic heterocycles. The highest BCUT2D eigenvalue weighted by atomic mass is 33.1. The fraction of sp³-hybridized carbons (Fsp3) is 0.571. The molecule has 0 saturated carbocycles. The number of hydrogen-bond donors (Lipinski definition) is 0. The molecule has 1 aromatic rings. The van der Waals surface area contributed by atoms with Gasteiger partial charge in [-0.25, -0.2) is 0 Å². The number of rotatable bonds is 6. The molecule has 0 radical (unpaired) electrons. The average molecular weight is 270 g/mol. The third kappa shape index (κ3) is 5.84. The van der Waals surface area contributed by atoms with Crippen molar-refractivity contribution in [1.29, 1.82) is 0 Å². The minimum atomic E-state index is 0.227. The third-order valence-corrected chi connectivity index (χ3v) is 4.91. The molecule has 96 valence electrons. The largest absolute Gasteiger partial charge is 0.364 e. The molecule has 0 fully saturated rings. The molecular weight excluding hydrogens is 248 g/mol. The second kappa shape index (κ2) is 7.34. The summed E-state index contributed by atoms with van der Waals surface area (Å²) in [5.41, 5.74) is 1.62. The van der Waals surface area contributed by atoms with Crippen molar-refractivity contribution in [2.24, 2.45) is 0 Å². The lowest BCUT2D eigenvalue weighted by molar-refractivity contribution is 0.0699. The van der Waals surface area contributed by atoms with Gasteiger partial charge in [0.05, 0.1) is 6.10 Å². The lowest BCUT2D eigenvalue weighted by Crippen LogP contribution is -2.09. The monoisotopic (exact) mass is 270 g/mol. The lowest BCUT2D eigenvalue weighted by atomic mass is 10.0. The van der Waals surface area contributed by atoms with Gasteiger partial charge < -0.3 is 4.74 Å². The number of benzene rings is 1. The van der Waals surface area contributed by atoms with Crippen molar-refractivity contribution in [1.82, 2.24) is 0 Å². The fourth-order valence-electron chi connectivity index (χ4n) is 1.44. The Balaban J connectivity index is 2.42. The van der Waals surface area contributed by atoms with Gasteiger partial charge in [-0.1, -0.05) is 47.6 Å². The second-order valence-electron chi connectivity index (χ2n) is 4.66. The van der Waals surface area contributed by atoms with Crippen LogP contribution >= 0.6 is 21.6 Å². The highest BCUT2D eigenvalue weighted by Crippen LogP contribution is 2.35. The summed E-state index contributed by atoms with van der Waals surface area (Å²) in [5, 5.41) is 0. The molecule has 0 bridgehead atoms. The SMILES string of the molecule is CC(C)OC(C)SSc1ccc(C(C)C)cc1. The first-order valence-corrected chi connectivity index (χ1v) is 8.29. The molecule has 0 N–H and O–H groups in total. The Morgan fingerprint density at radius 2 is 1.53 bits per heavy atom. The van der Waals surface area contributed by atoms with E-state index in [-0.39, 0.29) is 5.44 Å². The molecule has 0 aliphatic rings. The molecule has 0 aliphatic carbocycles. The van der Waals surface area contributed by atoms with E-state index in [1.807, 2.05) is 0 Å². The second-order valence-corrected chi connectivity index (χ2v) is 7.23. The third-order valence-electron chi connectivity index (χ3n) is 2.29. The van der Waals surface area contributed by atoms with Crippen LogP contribution in [0.4, 0.5) is 0 Å². The van der Waals surface area contributed by atoms with Gasteiger partial charge >= 0.3 is 0 Å². The summed E-state index contributed by atoms with van der Waals surface area (Å²) in [4.78, 5) is 1.29. The predicted molar refractivity (Wildman–Crippen MR) is 79.7 cm³/mol. The Labute approximate surface area is 113 Å². The Morgan fingerprint density at radius 1 is 0.941 bits per heavy atom. The molecule has 0 saturated heterocycles. The van der Waals surface area contributed by atoms with E-state index in [0.717, 1.165) is 0 Å². The lowest BCUT2D eigenvalue weighted by Gasteiger charge is -2.14. The molecule has 3 heteroatoms. The summed E-state index contributed by atoms with van der Waals surface area (Å²) in [6.45, 7) is 10.7. The van der Waals surface area contributed by atoms with Gasteiger partial charge in [0.2, 0.25) is 0 Å². The van der Waals surface area contributed by atoms with Crippen LogP contribution < -0.4 is 0 Å². The van der Waals surface area contributed by atoms with Gasteiger partial charge in [0.1, 0.15) is 5.44 Å². The zero-order valence-electron chi connectivity index (χ0n) is 11.3. The van der Waals surface area contributed by atoms with Crippen LogP contribution in [0.2, 0.25) is 0 Å². The summed E-state index contributed by atoms with van der Waals surface area (Å²) in [6.07, 6.45) is 0.293. The van der Waals surface area contributed by atoms with E-state index in [2.05, 4.69) is 58.9 Å². The molecule has 1 rings (SSSR count). The molecule has 1 unspecified atom stereocenters. The molecule has 0 heterocycles. The number of hydrogen-bond acceptors (Lipinski definition) is 3. The van der Waals surface area contributed by atoms with Gasteiger partial charge in [-0.2, -0.15) is 0 Å². The average Bonchev–Trinajstić information content (AvgIpc) is 2.26. The molecule has 0 spiro atoms. The van der Waals surface area contributed by atoms with E-state index >= 15 is 0 Å². The van der Waals surface area contributed by atoms with Crippen molar-refractivity contribution < 1.29 is 4.74 Å². The van der Waals surface area contributed by atoms with Crippen molar-refractivity contribution >= 4 is 21.6 Å². The van der Waals surface area contributed by atoms with E-state index in [1.165, 1.54) is 10.5 Å². The quantitative estimate of drug-likeness (QED) is 0.511. The van der Waals surface area contributed by atoms with Crippen molar-refractivity contribution in [3.05, 3.63) is 29.8 Å². The van der Waals surface area contributed by atoms with E-state index < -0.39 is 0 Å². The minimum absolute atomic E-state index is 0.227. The van der Waals surface area contributed by atoms with Crippen molar-refractivity contribution in [3.8, 4) is 0 Å². The van der Waals surface area contributed by atoms with Crippen molar-refractivity contribution in [2.45, 2.75) is 57.0 Å². The molecule has 1 atom stereocenters. The first-order chi connectivity index (χ1) is 7.99. The molecular formula is C14H22OS2. The first-order valence-electron chi connectivity index (χ1n) is 6.07. The maximum absolute atomic E-state index is 5.68. The molecule has 1 nitrogen and oxygen atoms in total. The van der Waals surface area contributed by atoms with Crippen LogP contribution in [-0.4, -0.2) is 11.5 Å². The topological polar surface area (TPSA) is 9.23 Å². The van der Waals surface area contributed by atoms with Crippen LogP contribution in [0.25, 0.3) is 0 Å². The number of ether oxygens (including phenoxy) is 1. The van der Waals surface area contributed by atoms with Gasteiger partial charge in [0, 0.05) is 4.90 Å². The van der Waals surface area contributed by atoms with E-state index in [9.17, 15) is 0 Å². The van der Waals surface area contributed by atoms with Gasteiger partial charge in [-0.3, -0.25) is 0 Å². The van der Waals surface area contributed by atoms with Gasteiger partial charge in [-0.05, 0) is 44.4 Å². The summed E-state index contributed by atoms with van der Waals surface area (Å²) < 4.78 is 5.68.